The molecule has 20 heavy (non-hydrogen) atoms. The lowest BCUT2D eigenvalue weighted by atomic mass is 9.85. The molecule has 1 fully saturated rings. The lowest BCUT2D eigenvalue weighted by molar-refractivity contribution is -0.125. The third-order valence-electron chi connectivity index (χ3n) is 3.42. The van der Waals surface area contributed by atoms with Crippen LogP contribution in [0.1, 0.15) is 24.2 Å². The number of amides is 1. The lowest BCUT2D eigenvalue weighted by Gasteiger charge is -2.25. The zero-order chi connectivity index (χ0) is 14.8. The zero-order valence-corrected chi connectivity index (χ0v) is 12.3. The van der Waals surface area contributed by atoms with Gasteiger partial charge in [0.1, 0.15) is 5.00 Å². The number of thiophene rings is 1. The van der Waals surface area contributed by atoms with E-state index in [2.05, 4.69) is 5.32 Å². The highest BCUT2D eigenvalue weighted by Gasteiger charge is 2.44. The predicted molar refractivity (Wildman–Crippen MR) is 75.8 cm³/mol. The molecule has 2 unspecified atom stereocenters. The number of hydrogen-bond donors (Lipinski definition) is 2. The highest BCUT2D eigenvalue weighted by Crippen LogP contribution is 2.31. The van der Waals surface area contributed by atoms with E-state index in [1.165, 1.54) is 11.3 Å². The molecule has 1 aromatic rings. The molecule has 2 rings (SSSR count). The van der Waals surface area contributed by atoms with Crippen LogP contribution in [0.3, 0.4) is 0 Å². The third kappa shape index (κ3) is 2.70. The lowest BCUT2D eigenvalue weighted by Crippen LogP contribution is -2.47. The van der Waals surface area contributed by atoms with Gasteiger partial charge in [-0.25, -0.2) is 4.79 Å². The van der Waals surface area contributed by atoms with Crippen LogP contribution >= 0.6 is 11.3 Å². The van der Waals surface area contributed by atoms with Crippen molar-refractivity contribution in [2.24, 2.45) is 11.1 Å². The average molecular weight is 298 g/mol. The molecule has 0 bridgehead atoms. The van der Waals surface area contributed by atoms with Gasteiger partial charge in [-0.1, -0.05) is 0 Å². The Morgan fingerprint density at radius 3 is 3.00 bits per heavy atom. The van der Waals surface area contributed by atoms with Gasteiger partial charge >= 0.3 is 5.97 Å². The second-order valence-electron chi connectivity index (χ2n) is 4.88. The summed E-state index contributed by atoms with van der Waals surface area (Å²) < 4.78 is 10.2. The normalized spacial score (nSPS) is 25.4. The molecule has 3 N–H and O–H groups in total. The Hall–Kier alpha value is -1.44. The van der Waals surface area contributed by atoms with Crippen molar-refractivity contribution >= 4 is 28.2 Å². The molecule has 2 heterocycles. The van der Waals surface area contributed by atoms with Gasteiger partial charge in [0.25, 0.3) is 0 Å². The first-order chi connectivity index (χ1) is 9.49. The number of carbonyl (C=O) groups is 2. The van der Waals surface area contributed by atoms with E-state index in [0.717, 1.165) is 0 Å². The highest BCUT2D eigenvalue weighted by molar-refractivity contribution is 7.14. The number of anilines is 1. The number of nitrogens with two attached hydrogens (primary N) is 1. The molecule has 0 saturated carbocycles. The van der Waals surface area contributed by atoms with E-state index in [1.807, 2.05) is 0 Å². The molecule has 6 nitrogen and oxygen atoms in total. The minimum absolute atomic E-state index is 0.240. The minimum atomic E-state index is -0.782. The van der Waals surface area contributed by atoms with E-state index >= 15 is 0 Å². The molecule has 0 aromatic carbocycles. The summed E-state index contributed by atoms with van der Waals surface area (Å²) in [5, 5.41) is 4.97. The van der Waals surface area contributed by atoms with E-state index in [9.17, 15) is 9.59 Å². The van der Waals surface area contributed by atoms with Crippen molar-refractivity contribution in [1.29, 1.82) is 0 Å². The fourth-order valence-electron chi connectivity index (χ4n) is 1.94. The Morgan fingerprint density at radius 2 is 2.40 bits per heavy atom. The molecule has 1 amide bonds. The van der Waals surface area contributed by atoms with Crippen LogP contribution in [0.2, 0.25) is 0 Å². The Kier molecular flexibility index (Phi) is 4.42. The molecule has 110 valence electrons. The van der Waals surface area contributed by atoms with Gasteiger partial charge in [0, 0.05) is 6.04 Å². The SMILES string of the molecule is CCOC(=O)c1ccsc1NC(=O)C1(C)COCC1N. The quantitative estimate of drug-likeness (QED) is 0.816. The van der Waals surface area contributed by atoms with E-state index in [4.69, 9.17) is 15.2 Å². The van der Waals surface area contributed by atoms with Gasteiger partial charge in [0.05, 0.1) is 30.8 Å². The summed E-state index contributed by atoms with van der Waals surface area (Å²) in [5.41, 5.74) is 5.50. The fourth-order valence-corrected chi connectivity index (χ4v) is 2.71. The van der Waals surface area contributed by atoms with Crippen LogP contribution in [0.15, 0.2) is 11.4 Å². The van der Waals surface area contributed by atoms with Crippen molar-refractivity contribution in [3.63, 3.8) is 0 Å². The first kappa shape index (κ1) is 15.0. The number of rotatable bonds is 4. The van der Waals surface area contributed by atoms with Crippen LogP contribution < -0.4 is 11.1 Å². The summed E-state index contributed by atoms with van der Waals surface area (Å²) in [5.74, 6) is -0.684. The Labute approximate surface area is 121 Å². The van der Waals surface area contributed by atoms with Gasteiger partial charge < -0.3 is 20.5 Å². The molecule has 7 heteroatoms. The van der Waals surface area contributed by atoms with Crippen LogP contribution in [-0.4, -0.2) is 37.7 Å². The number of nitrogens with one attached hydrogen (secondary N) is 1. The first-order valence-electron chi connectivity index (χ1n) is 6.38. The van der Waals surface area contributed by atoms with Gasteiger partial charge in [0.2, 0.25) is 5.91 Å². The summed E-state index contributed by atoms with van der Waals surface area (Å²) in [6.07, 6.45) is 0. The second-order valence-corrected chi connectivity index (χ2v) is 5.79. The monoisotopic (exact) mass is 298 g/mol. The molecule has 0 aliphatic carbocycles. The Balaban J connectivity index is 2.13. The molecule has 1 aromatic heterocycles. The van der Waals surface area contributed by atoms with Crippen molar-refractivity contribution in [2.75, 3.05) is 25.1 Å². The Morgan fingerprint density at radius 1 is 1.65 bits per heavy atom. The second kappa shape index (κ2) is 5.90. The summed E-state index contributed by atoms with van der Waals surface area (Å²) in [7, 11) is 0. The highest BCUT2D eigenvalue weighted by atomic mass is 32.1. The molecular formula is C13H18N2O4S. The Bertz CT molecular complexity index is 516. The number of hydrogen-bond acceptors (Lipinski definition) is 6. The van der Waals surface area contributed by atoms with Gasteiger partial charge in [0.15, 0.2) is 0 Å². The van der Waals surface area contributed by atoms with E-state index < -0.39 is 11.4 Å². The predicted octanol–water partition coefficient (Wildman–Crippen LogP) is 1.23. The third-order valence-corrected chi connectivity index (χ3v) is 4.25. The first-order valence-corrected chi connectivity index (χ1v) is 7.26. The zero-order valence-electron chi connectivity index (χ0n) is 11.5. The molecular weight excluding hydrogens is 280 g/mol. The van der Waals surface area contributed by atoms with Crippen molar-refractivity contribution in [2.45, 2.75) is 19.9 Å². The molecule has 1 saturated heterocycles. The number of esters is 1. The topological polar surface area (TPSA) is 90.6 Å². The molecule has 2 atom stereocenters. The van der Waals surface area contributed by atoms with Gasteiger partial charge in [-0.15, -0.1) is 11.3 Å². The van der Waals surface area contributed by atoms with E-state index in [1.54, 1.807) is 25.3 Å². The van der Waals surface area contributed by atoms with Gasteiger partial charge in [-0.2, -0.15) is 0 Å². The van der Waals surface area contributed by atoms with Crippen LogP contribution in [0, 0.1) is 5.41 Å². The largest absolute Gasteiger partial charge is 0.462 e. The number of ether oxygens (including phenoxy) is 2. The van der Waals surface area contributed by atoms with Crippen LogP contribution in [0.25, 0.3) is 0 Å². The smallest absolute Gasteiger partial charge is 0.341 e. The summed E-state index contributed by atoms with van der Waals surface area (Å²) in [4.78, 5) is 24.1. The maximum atomic E-state index is 12.4. The van der Waals surface area contributed by atoms with Crippen molar-refractivity contribution in [3.05, 3.63) is 17.0 Å². The summed E-state index contributed by atoms with van der Waals surface area (Å²) in [6.45, 7) is 4.42. The van der Waals surface area contributed by atoms with E-state index in [0.29, 0.717) is 23.8 Å². The molecule has 0 radical (unpaired) electrons. The fraction of sp³-hybridized carbons (Fsp3) is 0.538. The summed E-state index contributed by atoms with van der Waals surface area (Å²) >= 11 is 1.28. The maximum absolute atomic E-state index is 12.4. The van der Waals surface area contributed by atoms with Crippen LogP contribution in [-0.2, 0) is 14.3 Å². The number of carbonyl (C=O) groups excluding carboxylic acids is 2. The van der Waals surface area contributed by atoms with Gasteiger partial charge in [-0.3, -0.25) is 4.79 Å². The van der Waals surface area contributed by atoms with Crippen molar-refractivity contribution < 1.29 is 19.1 Å². The summed E-state index contributed by atoms with van der Waals surface area (Å²) in [6, 6.07) is 1.28. The molecule has 1 aliphatic rings. The van der Waals surface area contributed by atoms with E-state index in [-0.39, 0.29) is 18.6 Å². The van der Waals surface area contributed by atoms with Crippen molar-refractivity contribution in [1.82, 2.24) is 0 Å². The molecule has 1 aliphatic heterocycles. The van der Waals surface area contributed by atoms with Crippen LogP contribution in [0.5, 0.6) is 0 Å². The van der Waals surface area contributed by atoms with Gasteiger partial charge in [-0.05, 0) is 25.3 Å². The minimum Gasteiger partial charge on any atom is -0.462 e. The average Bonchev–Trinajstić information content (AvgIpc) is 2.98. The standard InChI is InChI=1S/C13H18N2O4S/c1-3-19-11(16)8-4-5-20-10(8)15-12(17)13(2)7-18-6-9(13)14/h4-5,9H,3,6-7,14H2,1-2H3,(H,15,17). The van der Waals surface area contributed by atoms with Crippen molar-refractivity contribution in [3.8, 4) is 0 Å². The maximum Gasteiger partial charge on any atom is 0.341 e. The molecule has 0 spiro atoms. The van der Waals surface area contributed by atoms with Crippen LogP contribution in [0.4, 0.5) is 5.00 Å².